The predicted octanol–water partition coefficient (Wildman–Crippen LogP) is 6.53. The molecule has 1 atom stereocenters. The minimum absolute atomic E-state index is 0.0556. The van der Waals surface area contributed by atoms with Crippen LogP contribution in [-0.2, 0) is 14.3 Å². The molecule has 170 valence electrons. The molecule has 0 spiro atoms. The third-order valence-electron chi connectivity index (χ3n) is 5.08. The zero-order valence-electron chi connectivity index (χ0n) is 18.8. The number of esters is 2. The maximum atomic E-state index is 11.7. The third kappa shape index (κ3) is 19.7. The maximum absolute atomic E-state index is 11.7. The molecule has 0 radical (unpaired) electrons. The topological polar surface area (TPSA) is 83.8 Å². The summed E-state index contributed by atoms with van der Waals surface area (Å²) in [6.45, 7) is 4.37. The highest BCUT2D eigenvalue weighted by Crippen LogP contribution is 2.13. The molecule has 1 unspecified atom stereocenters. The van der Waals surface area contributed by atoms with Gasteiger partial charge in [0.2, 0.25) is 0 Å². The summed E-state index contributed by atoms with van der Waals surface area (Å²) in [5, 5.41) is 19.7. The van der Waals surface area contributed by atoms with Crippen molar-refractivity contribution in [2.24, 2.45) is 0 Å². The van der Waals surface area contributed by atoms with Crippen LogP contribution in [0.5, 0.6) is 0 Å². The molecule has 0 aromatic heterocycles. The Morgan fingerprint density at radius 2 is 1.28 bits per heavy atom. The van der Waals surface area contributed by atoms with Crippen LogP contribution in [0.25, 0.3) is 0 Å². The Morgan fingerprint density at radius 1 is 0.793 bits per heavy atom. The number of aliphatic hydroxyl groups is 2. The normalized spacial score (nSPS) is 12.7. The van der Waals surface area contributed by atoms with Crippen LogP contribution in [0.3, 0.4) is 0 Å². The highest BCUT2D eigenvalue weighted by molar-refractivity contribution is 5.92. The molecular formula is C24H44O5. The van der Waals surface area contributed by atoms with E-state index in [9.17, 15) is 19.8 Å². The van der Waals surface area contributed by atoms with Gasteiger partial charge in [-0.3, -0.25) is 4.79 Å². The van der Waals surface area contributed by atoms with E-state index in [1.165, 1.54) is 51.4 Å². The average molecular weight is 413 g/mol. The summed E-state index contributed by atoms with van der Waals surface area (Å²) in [5.74, 6) is -1.66. The summed E-state index contributed by atoms with van der Waals surface area (Å²) in [7, 11) is 0. The molecule has 0 saturated heterocycles. The molecule has 0 rings (SSSR count). The van der Waals surface area contributed by atoms with E-state index in [0.29, 0.717) is 12.8 Å². The molecule has 0 fully saturated rings. The van der Waals surface area contributed by atoms with Crippen LogP contribution in [-0.4, -0.2) is 28.3 Å². The number of allylic oxidation sites excluding steroid dienone is 1. The van der Waals surface area contributed by atoms with E-state index in [0.717, 1.165) is 44.6 Å². The van der Waals surface area contributed by atoms with Crippen molar-refractivity contribution in [2.75, 3.05) is 0 Å². The van der Waals surface area contributed by atoms with Gasteiger partial charge in [0.25, 0.3) is 0 Å². The van der Waals surface area contributed by atoms with Crippen LogP contribution >= 0.6 is 0 Å². The van der Waals surface area contributed by atoms with Gasteiger partial charge in [-0.1, -0.05) is 97.3 Å². The number of hydrogen-bond acceptors (Lipinski definition) is 5. The number of hydrogen-bond donors (Lipinski definition) is 2. The van der Waals surface area contributed by atoms with Crippen molar-refractivity contribution >= 4 is 11.9 Å². The fourth-order valence-electron chi connectivity index (χ4n) is 3.29. The van der Waals surface area contributed by atoms with Crippen LogP contribution in [0.15, 0.2) is 11.8 Å². The van der Waals surface area contributed by atoms with Crippen LogP contribution < -0.4 is 0 Å². The SMILES string of the molecule is CCCCCCCCCC(O)=CC(=O)OC(=O)CC(O)CCCCCCCCC. The molecule has 5 heteroatoms. The number of carbonyl (C=O) groups is 2. The lowest BCUT2D eigenvalue weighted by atomic mass is 10.1. The lowest BCUT2D eigenvalue weighted by Gasteiger charge is -2.09. The first-order valence-electron chi connectivity index (χ1n) is 11.8. The Morgan fingerprint density at radius 3 is 1.83 bits per heavy atom. The van der Waals surface area contributed by atoms with Gasteiger partial charge in [0.05, 0.1) is 24.4 Å². The van der Waals surface area contributed by atoms with Crippen molar-refractivity contribution < 1.29 is 24.5 Å². The van der Waals surface area contributed by atoms with Crippen molar-refractivity contribution in [2.45, 2.75) is 129 Å². The van der Waals surface area contributed by atoms with E-state index < -0.39 is 18.0 Å². The van der Waals surface area contributed by atoms with Gasteiger partial charge in [-0.25, -0.2) is 4.79 Å². The van der Waals surface area contributed by atoms with Crippen LogP contribution in [0.1, 0.15) is 123 Å². The van der Waals surface area contributed by atoms with Gasteiger partial charge in [0.15, 0.2) is 0 Å². The molecule has 2 N–H and O–H groups in total. The van der Waals surface area contributed by atoms with Crippen LogP contribution in [0, 0.1) is 0 Å². The van der Waals surface area contributed by atoms with E-state index in [-0.39, 0.29) is 12.2 Å². The second-order valence-corrected chi connectivity index (χ2v) is 8.07. The third-order valence-corrected chi connectivity index (χ3v) is 5.08. The molecular weight excluding hydrogens is 368 g/mol. The summed E-state index contributed by atoms with van der Waals surface area (Å²) >= 11 is 0. The number of rotatable bonds is 19. The highest BCUT2D eigenvalue weighted by Gasteiger charge is 2.15. The molecule has 0 bridgehead atoms. The van der Waals surface area contributed by atoms with Crippen LogP contribution in [0.2, 0.25) is 0 Å². The minimum atomic E-state index is -0.862. The number of unbranched alkanes of at least 4 members (excludes halogenated alkanes) is 12. The van der Waals surface area contributed by atoms with Crippen molar-refractivity contribution in [3.05, 3.63) is 11.8 Å². The predicted molar refractivity (Wildman–Crippen MR) is 118 cm³/mol. The van der Waals surface area contributed by atoms with Gasteiger partial charge < -0.3 is 14.9 Å². The first-order valence-corrected chi connectivity index (χ1v) is 11.8. The lowest BCUT2D eigenvalue weighted by molar-refractivity contribution is -0.157. The van der Waals surface area contributed by atoms with Crippen LogP contribution in [0.4, 0.5) is 0 Å². The zero-order chi connectivity index (χ0) is 21.7. The van der Waals surface area contributed by atoms with Gasteiger partial charge in [-0.05, 0) is 12.8 Å². The number of carbonyl (C=O) groups excluding carboxylic acids is 2. The average Bonchev–Trinajstić information content (AvgIpc) is 2.66. The standard InChI is InChI=1S/C24H44O5/c1-3-5-7-9-11-13-15-17-21(25)19-23(27)29-24(28)20-22(26)18-16-14-12-10-8-6-4-2/h19,22,25-26H,3-18,20H2,1-2H3. The fourth-order valence-corrected chi connectivity index (χ4v) is 3.29. The summed E-state index contributed by atoms with van der Waals surface area (Å²) in [6.07, 6.45) is 16.9. The second kappa shape index (κ2) is 19.9. The molecule has 0 aromatic carbocycles. The van der Waals surface area contributed by atoms with Crippen molar-refractivity contribution in [3.8, 4) is 0 Å². The van der Waals surface area contributed by atoms with Gasteiger partial charge in [-0.2, -0.15) is 0 Å². The second-order valence-electron chi connectivity index (χ2n) is 8.07. The largest absolute Gasteiger partial charge is 0.512 e. The van der Waals surface area contributed by atoms with Gasteiger partial charge in [0.1, 0.15) is 0 Å². The van der Waals surface area contributed by atoms with E-state index in [1.807, 2.05) is 0 Å². The first kappa shape index (κ1) is 27.6. The molecule has 0 amide bonds. The van der Waals surface area contributed by atoms with E-state index >= 15 is 0 Å². The first-order chi connectivity index (χ1) is 14.0. The molecule has 5 nitrogen and oxygen atoms in total. The summed E-state index contributed by atoms with van der Waals surface area (Å²) < 4.78 is 4.66. The Bertz CT molecular complexity index is 445. The fraction of sp³-hybridized carbons (Fsp3) is 0.833. The van der Waals surface area contributed by atoms with Gasteiger partial charge in [0, 0.05) is 6.42 Å². The highest BCUT2D eigenvalue weighted by atomic mass is 16.6. The maximum Gasteiger partial charge on any atom is 0.341 e. The molecule has 0 heterocycles. The Hall–Kier alpha value is -1.36. The summed E-state index contributed by atoms with van der Waals surface area (Å²) in [6, 6.07) is 0. The number of aliphatic hydroxyl groups excluding tert-OH is 2. The van der Waals surface area contributed by atoms with E-state index in [4.69, 9.17) is 0 Å². The van der Waals surface area contributed by atoms with Crippen molar-refractivity contribution in [1.29, 1.82) is 0 Å². The van der Waals surface area contributed by atoms with Crippen molar-refractivity contribution in [1.82, 2.24) is 0 Å². The summed E-state index contributed by atoms with van der Waals surface area (Å²) in [5.41, 5.74) is 0. The monoisotopic (exact) mass is 412 g/mol. The smallest absolute Gasteiger partial charge is 0.341 e. The molecule has 0 aliphatic rings. The summed E-state index contributed by atoms with van der Waals surface area (Å²) in [4.78, 5) is 23.4. The van der Waals surface area contributed by atoms with Crippen molar-refractivity contribution in [3.63, 3.8) is 0 Å². The minimum Gasteiger partial charge on any atom is -0.512 e. The number of ether oxygens (including phenoxy) is 1. The quantitative estimate of drug-likeness (QED) is 0.0828. The Balaban J connectivity index is 3.79. The van der Waals surface area contributed by atoms with Gasteiger partial charge in [-0.15, -0.1) is 0 Å². The molecule has 0 aliphatic heterocycles. The van der Waals surface area contributed by atoms with Gasteiger partial charge >= 0.3 is 11.9 Å². The molecule has 0 saturated carbocycles. The molecule has 29 heavy (non-hydrogen) atoms. The molecule has 0 aromatic rings. The van der Waals surface area contributed by atoms with E-state index in [1.54, 1.807) is 0 Å². The lowest BCUT2D eigenvalue weighted by Crippen LogP contribution is -2.18. The Kier molecular flexibility index (Phi) is 19.0. The van der Waals surface area contributed by atoms with E-state index in [2.05, 4.69) is 18.6 Å². The molecule has 0 aliphatic carbocycles. The Labute approximate surface area is 177 Å². The zero-order valence-corrected chi connectivity index (χ0v) is 18.8.